The van der Waals surface area contributed by atoms with Gasteiger partial charge in [-0.05, 0) is 50.3 Å². The van der Waals surface area contributed by atoms with Crippen molar-refractivity contribution in [3.05, 3.63) is 39.9 Å². The molecule has 0 aromatic heterocycles. The van der Waals surface area contributed by atoms with E-state index in [0.29, 0.717) is 22.3 Å². The molecule has 1 aliphatic rings. The topological polar surface area (TPSA) is 49.4 Å². The van der Waals surface area contributed by atoms with Crippen molar-refractivity contribution in [3.63, 3.8) is 0 Å². The Kier molecular flexibility index (Phi) is 7.79. The van der Waals surface area contributed by atoms with Crippen molar-refractivity contribution in [2.75, 3.05) is 18.0 Å². The summed E-state index contributed by atoms with van der Waals surface area (Å²) in [5.41, 5.74) is 1.96. The van der Waals surface area contributed by atoms with Crippen molar-refractivity contribution in [2.24, 2.45) is 0 Å². The third kappa shape index (κ3) is 6.37. The first-order valence-electron chi connectivity index (χ1n) is 8.65. The molecule has 25 heavy (non-hydrogen) atoms. The molecule has 4 nitrogen and oxygen atoms in total. The molecule has 1 N–H and O–H groups in total. The molecule has 0 radical (unpaired) electrons. The molecule has 0 heterocycles. The zero-order chi connectivity index (χ0) is 18.2. The summed E-state index contributed by atoms with van der Waals surface area (Å²) in [6, 6.07) is 4.95. The third-order valence-corrected chi connectivity index (χ3v) is 4.85. The standard InChI is InChI=1S/C19H24Cl2N2O2/c1-14(24)23(18-13-16(20)7-8-17(18)21)12-10-19(25)22-11-9-15-5-3-2-4-6-15/h5,7-8,13H,2-4,6,9-12H2,1H3,(H,22,25). The number of carbonyl (C=O) groups excluding carboxylic acids is 2. The second kappa shape index (κ2) is 9.83. The summed E-state index contributed by atoms with van der Waals surface area (Å²) in [6.07, 6.45) is 8.22. The Bertz CT molecular complexity index is 659. The van der Waals surface area contributed by atoms with E-state index in [4.69, 9.17) is 23.2 Å². The van der Waals surface area contributed by atoms with Gasteiger partial charge in [0.25, 0.3) is 0 Å². The Hall–Kier alpha value is -1.52. The van der Waals surface area contributed by atoms with Crippen molar-refractivity contribution < 1.29 is 9.59 Å². The van der Waals surface area contributed by atoms with E-state index in [-0.39, 0.29) is 24.8 Å². The maximum atomic E-state index is 12.1. The Balaban J connectivity index is 1.84. The molecule has 0 aliphatic heterocycles. The SMILES string of the molecule is CC(=O)N(CCC(=O)NCCC1=CCCCC1)c1cc(Cl)ccc1Cl. The smallest absolute Gasteiger partial charge is 0.223 e. The highest BCUT2D eigenvalue weighted by Crippen LogP contribution is 2.29. The highest BCUT2D eigenvalue weighted by Gasteiger charge is 2.16. The molecule has 0 saturated heterocycles. The summed E-state index contributed by atoms with van der Waals surface area (Å²) in [7, 11) is 0. The Labute approximate surface area is 159 Å². The molecule has 0 unspecified atom stereocenters. The number of hydrogen-bond donors (Lipinski definition) is 1. The average Bonchev–Trinajstić information content (AvgIpc) is 2.58. The van der Waals surface area contributed by atoms with Crippen LogP contribution < -0.4 is 10.2 Å². The molecule has 1 aliphatic carbocycles. The van der Waals surface area contributed by atoms with Crippen LogP contribution in [-0.4, -0.2) is 24.9 Å². The number of benzene rings is 1. The number of nitrogens with zero attached hydrogens (tertiary/aromatic N) is 1. The number of carbonyl (C=O) groups is 2. The van der Waals surface area contributed by atoms with E-state index in [1.54, 1.807) is 18.2 Å². The van der Waals surface area contributed by atoms with Crippen LogP contribution >= 0.6 is 23.2 Å². The molecule has 0 saturated carbocycles. The summed E-state index contributed by atoms with van der Waals surface area (Å²) < 4.78 is 0. The summed E-state index contributed by atoms with van der Waals surface area (Å²) in [5.74, 6) is -0.245. The van der Waals surface area contributed by atoms with Crippen LogP contribution in [0, 0.1) is 0 Å². The number of anilines is 1. The lowest BCUT2D eigenvalue weighted by molar-refractivity contribution is -0.121. The zero-order valence-corrected chi connectivity index (χ0v) is 16.0. The Morgan fingerprint density at radius 2 is 2.04 bits per heavy atom. The largest absolute Gasteiger partial charge is 0.356 e. The fourth-order valence-electron chi connectivity index (χ4n) is 2.94. The van der Waals surface area contributed by atoms with E-state index in [0.717, 1.165) is 19.3 Å². The number of hydrogen-bond acceptors (Lipinski definition) is 2. The second-order valence-electron chi connectivity index (χ2n) is 6.22. The van der Waals surface area contributed by atoms with Gasteiger partial charge in [0.15, 0.2) is 0 Å². The lowest BCUT2D eigenvalue weighted by Crippen LogP contribution is -2.34. The van der Waals surface area contributed by atoms with Gasteiger partial charge in [0, 0.05) is 31.5 Å². The molecule has 2 amide bonds. The van der Waals surface area contributed by atoms with Gasteiger partial charge in [-0.3, -0.25) is 9.59 Å². The normalized spacial score (nSPS) is 14.0. The van der Waals surface area contributed by atoms with Crippen molar-refractivity contribution >= 4 is 40.7 Å². The first kappa shape index (κ1) is 19.8. The van der Waals surface area contributed by atoms with Crippen LogP contribution in [0.15, 0.2) is 29.8 Å². The Morgan fingerprint density at radius 3 is 2.72 bits per heavy atom. The monoisotopic (exact) mass is 382 g/mol. The van der Waals surface area contributed by atoms with Crippen molar-refractivity contribution in [3.8, 4) is 0 Å². The summed E-state index contributed by atoms with van der Waals surface area (Å²) in [4.78, 5) is 25.5. The van der Waals surface area contributed by atoms with Crippen LogP contribution in [0.1, 0.15) is 45.4 Å². The average molecular weight is 383 g/mol. The lowest BCUT2D eigenvalue weighted by Gasteiger charge is -2.22. The van der Waals surface area contributed by atoms with E-state index in [1.165, 1.54) is 30.2 Å². The molecule has 0 bridgehead atoms. The zero-order valence-electron chi connectivity index (χ0n) is 14.5. The van der Waals surface area contributed by atoms with Gasteiger partial charge in [-0.25, -0.2) is 0 Å². The minimum atomic E-state index is -0.177. The predicted octanol–water partition coefficient (Wildman–Crippen LogP) is 4.74. The maximum Gasteiger partial charge on any atom is 0.223 e. The van der Waals surface area contributed by atoms with E-state index < -0.39 is 0 Å². The molecule has 0 spiro atoms. The van der Waals surface area contributed by atoms with Gasteiger partial charge in [-0.1, -0.05) is 34.9 Å². The van der Waals surface area contributed by atoms with Gasteiger partial charge in [0.1, 0.15) is 0 Å². The molecule has 6 heteroatoms. The minimum Gasteiger partial charge on any atom is -0.356 e. The van der Waals surface area contributed by atoms with E-state index in [1.807, 2.05) is 0 Å². The second-order valence-corrected chi connectivity index (χ2v) is 7.07. The molecule has 0 atom stereocenters. The van der Waals surface area contributed by atoms with Gasteiger partial charge in [-0.2, -0.15) is 0 Å². The van der Waals surface area contributed by atoms with Crippen LogP contribution in [0.2, 0.25) is 10.0 Å². The summed E-state index contributed by atoms with van der Waals surface area (Å²) in [6.45, 7) is 2.36. The maximum absolute atomic E-state index is 12.1. The van der Waals surface area contributed by atoms with Crippen molar-refractivity contribution in [1.82, 2.24) is 5.32 Å². The number of amides is 2. The number of allylic oxidation sites excluding steroid dienone is 1. The lowest BCUT2D eigenvalue weighted by atomic mass is 9.97. The molecular weight excluding hydrogens is 359 g/mol. The van der Waals surface area contributed by atoms with E-state index in [2.05, 4.69) is 11.4 Å². The molecule has 1 aromatic carbocycles. The van der Waals surface area contributed by atoms with Crippen molar-refractivity contribution in [2.45, 2.75) is 45.4 Å². The first-order valence-corrected chi connectivity index (χ1v) is 9.40. The molecule has 2 rings (SSSR count). The van der Waals surface area contributed by atoms with Gasteiger partial charge in [0.05, 0.1) is 10.7 Å². The van der Waals surface area contributed by atoms with Crippen molar-refractivity contribution in [1.29, 1.82) is 0 Å². The number of nitrogens with one attached hydrogen (secondary N) is 1. The van der Waals surface area contributed by atoms with Gasteiger partial charge in [0.2, 0.25) is 11.8 Å². The summed E-state index contributed by atoms with van der Waals surface area (Å²) in [5, 5.41) is 3.86. The van der Waals surface area contributed by atoms with E-state index >= 15 is 0 Å². The van der Waals surface area contributed by atoms with Crippen LogP contribution in [0.4, 0.5) is 5.69 Å². The number of rotatable bonds is 7. The quantitative estimate of drug-likeness (QED) is 0.692. The predicted molar refractivity (Wildman–Crippen MR) is 103 cm³/mol. The van der Waals surface area contributed by atoms with E-state index in [9.17, 15) is 9.59 Å². The van der Waals surface area contributed by atoms with Gasteiger partial charge >= 0.3 is 0 Å². The molecular formula is C19H24Cl2N2O2. The number of halogens is 2. The summed E-state index contributed by atoms with van der Waals surface area (Å²) >= 11 is 12.2. The van der Waals surface area contributed by atoms with Crippen LogP contribution in [-0.2, 0) is 9.59 Å². The fourth-order valence-corrected chi connectivity index (χ4v) is 3.32. The molecule has 0 fully saturated rings. The van der Waals surface area contributed by atoms with Gasteiger partial charge < -0.3 is 10.2 Å². The Morgan fingerprint density at radius 1 is 1.24 bits per heavy atom. The first-order chi connectivity index (χ1) is 12.0. The van der Waals surface area contributed by atoms with Crippen LogP contribution in [0.3, 0.4) is 0 Å². The highest BCUT2D eigenvalue weighted by molar-refractivity contribution is 6.35. The fraction of sp³-hybridized carbons (Fsp3) is 0.474. The third-order valence-electron chi connectivity index (χ3n) is 4.29. The highest BCUT2D eigenvalue weighted by atomic mass is 35.5. The minimum absolute atomic E-state index is 0.0687. The van der Waals surface area contributed by atoms with Gasteiger partial charge in [-0.15, -0.1) is 0 Å². The van der Waals surface area contributed by atoms with Crippen LogP contribution in [0.25, 0.3) is 0 Å². The molecule has 136 valence electrons. The van der Waals surface area contributed by atoms with Crippen LogP contribution in [0.5, 0.6) is 0 Å². The molecule has 1 aromatic rings.